The minimum Gasteiger partial charge on any atom is -0.466 e. The van der Waals surface area contributed by atoms with Gasteiger partial charge in [0.05, 0.1) is 25.4 Å². The van der Waals surface area contributed by atoms with Crippen molar-refractivity contribution in [3.8, 4) is 0 Å². The summed E-state index contributed by atoms with van der Waals surface area (Å²) in [6, 6.07) is -0.542. The molecule has 0 heterocycles. The van der Waals surface area contributed by atoms with Gasteiger partial charge in [-0.15, -0.1) is 0 Å². The van der Waals surface area contributed by atoms with Gasteiger partial charge < -0.3 is 20.3 Å². The second-order valence-corrected chi connectivity index (χ2v) is 18.6. The third-order valence-electron chi connectivity index (χ3n) is 12.5. The first-order valence-electron chi connectivity index (χ1n) is 27.1. The average molecular weight is 860 g/mol. The Bertz CT molecular complexity index is 951. The van der Waals surface area contributed by atoms with Gasteiger partial charge in [-0.1, -0.05) is 244 Å². The smallest absolute Gasteiger partial charge is 0.305 e. The molecule has 360 valence electrons. The third kappa shape index (κ3) is 47.7. The first kappa shape index (κ1) is 59.3. The van der Waals surface area contributed by atoms with Gasteiger partial charge in [0.1, 0.15) is 0 Å². The van der Waals surface area contributed by atoms with E-state index in [4.69, 9.17) is 4.74 Å². The van der Waals surface area contributed by atoms with Crippen molar-refractivity contribution in [3.05, 3.63) is 24.3 Å². The molecule has 0 aliphatic carbocycles. The maximum absolute atomic E-state index is 12.4. The van der Waals surface area contributed by atoms with Gasteiger partial charge in [0.2, 0.25) is 5.91 Å². The maximum Gasteiger partial charge on any atom is 0.305 e. The van der Waals surface area contributed by atoms with Crippen LogP contribution in [0, 0.1) is 0 Å². The largest absolute Gasteiger partial charge is 0.466 e. The van der Waals surface area contributed by atoms with Crippen molar-refractivity contribution in [1.82, 2.24) is 5.32 Å². The Hall–Kier alpha value is -1.66. The Labute approximate surface area is 380 Å². The van der Waals surface area contributed by atoms with E-state index in [0.717, 1.165) is 51.4 Å². The van der Waals surface area contributed by atoms with Crippen molar-refractivity contribution in [2.24, 2.45) is 0 Å². The van der Waals surface area contributed by atoms with Crippen LogP contribution in [-0.4, -0.2) is 47.4 Å². The topological polar surface area (TPSA) is 95.9 Å². The zero-order valence-corrected chi connectivity index (χ0v) is 40.9. The zero-order valence-electron chi connectivity index (χ0n) is 40.9. The summed E-state index contributed by atoms with van der Waals surface area (Å²) in [5.41, 5.74) is 0. The van der Waals surface area contributed by atoms with Crippen LogP contribution in [0.25, 0.3) is 0 Å². The average Bonchev–Trinajstić information content (AvgIpc) is 3.26. The Balaban J connectivity index is 3.38. The molecule has 0 aromatic carbocycles. The lowest BCUT2D eigenvalue weighted by Crippen LogP contribution is -2.45. The fraction of sp³-hybridized carbons (Fsp3) is 0.891. The van der Waals surface area contributed by atoms with Crippen LogP contribution in [0.5, 0.6) is 0 Å². The maximum atomic E-state index is 12.4. The number of carbonyl (C=O) groups excluding carboxylic acids is 2. The standard InChI is InChI=1S/C55H105NO5/c1-3-5-7-9-11-13-15-16-22-26-29-33-37-41-45-49-55(60)61-50-46-42-38-34-30-27-24-21-19-17-18-20-23-25-28-32-36-40-44-48-54(59)56-52(51-57)53(58)47-43-39-35-31-14-12-10-8-6-4-2/h11,13,16,22,52-53,57-58H,3-10,12,14-15,17-21,23-51H2,1-2H3,(H,56,59)/b13-11-,22-16-. The number of rotatable bonds is 50. The molecule has 0 aromatic heterocycles. The van der Waals surface area contributed by atoms with E-state index in [0.29, 0.717) is 25.9 Å². The number of ether oxygens (including phenoxy) is 1. The zero-order chi connectivity index (χ0) is 44.4. The fourth-order valence-electron chi connectivity index (χ4n) is 8.32. The molecule has 2 atom stereocenters. The molecule has 0 fully saturated rings. The highest BCUT2D eigenvalue weighted by atomic mass is 16.5. The summed E-state index contributed by atoms with van der Waals surface area (Å²) in [5.74, 6) is -0.0449. The lowest BCUT2D eigenvalue weighted by Gasteiger charge is -2.22. The van der Waals surface area contributed by atoms with E-state index in [9.17, 15) is 19.8 Å². The number of nitrogens with one attached hydrogen (secondary N) is 1. The van der Waals surface area contributed by atoms with E-state index in [1.165, 1.54) is 205 Å². The second kappa shape index (κ2) is 51.0. The molecule has 6 nitrogen and oxygen atoms in total. The number of aliphatic hydroxyl groups excluding tert-OH is 2. The quantitative estimate of drug-likeness (QED) is 0.0322. The van der Waals surface area contributed by atoms with E-state index in [1.807, 2.05) is 0 Å². The second-order valence-electron chi connectivity index (χ2n) is 18.6. The van der Waals surface area contributed by atoms with Gasteiger partial charge in [-0.3, -0.25) is 9.59 Å². The minimum atomic E-state index is -0.664. The lowest BCUT2D eigenvalue weighted by atomic mass is 10.0. The van der Waals surface area contributed by atoms with Gasteiger partial charge >= 0.3 is 5.97 Å². The van der Waals surface area contributed by atoms with E-state index in [1.54, 1.807) is 0 Å². The number of esters is 1. The number of allylic oxidation sites excluding steroid dienone is 4. The number of unbranched alkanes of at least 4 members (excludes halogenated alkanes) is 35. The van der Waals surface area contributed by atoms with Crippen molar-refractivity contribution < 1.29 is 24.5 Å². The van der Waals surface area contributed by atoms with Crippen LogP contribution in [0.3, 0.4) is 0 Å². The summed E-state index contributed by atoms with van der Waals surface area (Å²) in [6.45, 7) is 4.90. The number of aliphatic hydroxyl groups is 2. The van der Waals surface area contributed by atoms with Crippen LogP contribution in [0.1, 0.15) is 290 Å². The molecule has 0 aliphatic rings. The lowest BCUT2D eigenvalue weighted by molar-refractivity contribution is -0.143. The predicted octanol–water partition coefficient (Wildman–Crippen LogP) is 16.3. The van der Waals surface area contributed by atoms with E-state index in [-0.39, 0.29) is 18.5 Å². The molecule has 2 unspecified atom stereocenters. The van der Waals surface area contributed by atoms with Crippen LogP contribution in [0.15, 0.2) is 24.3 Å². The SMILES string of the molecule is CCCCC/C=C\C/C=C\CCCCCCCC(=O)OCCCCCCCCCCCCCCCCCCCCCC(=O)NC(CO)C(O)CCCCCCCCCCCC. The normalized spacial score (nSPS) is 12.8. The summed E-state index contributed by atoms with van der Waals surface area (Å²) >= 11 is 0. The van der Waals surface area contributed by atoms with Gasteiger partial charge in [-0.25, -0.2) is 0 Å². The molecule has 6 heteroatoms. The van der Waals surface area contributed by atoms with Crippen molar-refractivity contribution in [2.75, 3.05) is 13.2 Å². The molecule has 0 rings (SSSR count). The van der Waals surface area contributed by atoms with Crippen LogP contribution in [0.4, 0.5) is 0 Å². The molecule has 0 aliphatic heterocycles. The molecule has 0 saturated heterocycles. The molecule has 1 amide bonds. The fourth-order valence-corrected chi connectivity index (χ4v) is 8.32. The monoisotopic (exact) mass is 860 g/mol. The summed E-state index contributed by atoms with van der Waals surface area (Å²) in [7, 11) is 0. The van der Waals surface area contributed by atoms with E-state index in [2.05, 4.69) is 43.5 Å². The van der Waals surface area contributed by atoms with Crippen molar-refractivity contribution in [2.45, 2.75) is 302 Å². The Morgan fingerprint density at radius 2 is 0.820 bits per heavy atom. The van der Waals surface area contributed by atoms with Gasteiger partial charge in [0.25, 0.3) is 0 Å². The van der Waals surface area contributed by atoms with Crippen LogP contribution >= 0.6 is 0 Å². The van der Waals surface area contributed by atoms with Crippen LogP contribution in [0.2, 0.25) is 0 Å². The highest BCUT2D eigenvalue weighted by molar-refractivity contribution is 5.76. The summed E-state index contributed by atoms with van der Waals surface area (Å²) in [4.78, 5) is 24.4. The molecule has 0 spiro atoms. The van der Waals surface area contributed by atoms with Gasteiger partial charge in [-0.2, -0.15) is 0 Å². The highest BCUT2D eigenvalue weighted by Gasteiger charge is 2.20. The van der Waals surface area contributed by atoms with Crippen LogP contribution < -0.4 is 5.32 Å². The van der Waals surface area contributed by atoms with Crippen molar-refractivity contribution >= 4 is 11.9 Å². The molecule has 0 bridgehead atoms. The Morgan fingerprint density at radius 3 is 1.28 bits per heavy atom. The van der Waals surface area contributed by atoms with Crippen molar-refractivity contribution in [1.29, 1.82) is 0 Å². The molecule has 0 radical (unpaired) electrons. The molecule has 0 saturated carbocycles. The summed E-state index contributed by atoms with van der Waals surface area (Å²) in [5, 5.41) is 23.1. The van der Waals surface area contributed by atoms with Crippen molar-refractivity contribution in [3.63, 3.8) is 0 Å². The predicted molar refractivity (Wildman–Crippen MR) is 264 cm³/mol. The molecule has 3 N–H and O–H groups in total. The first-order chi connectivity index (χ1) is 30.0. The molecule has 0 aromatic rings. The number of hydrogen-bond donors (Lipinski definition) is 3. The Morgan fingerprint density at radius 1 is 0.459 bits per heavy atom. The Kier molecular flexibility index (Phi) is 49.6. The molecular formula is C55H105NO5. The van der Waals surface area contributed by atoms with E-state index >= 15 is 0 Å². The number of hydrogen-bond acceptors (Lipinski definition) is 5. The third-order valence-corrected chi connectivity index (χ3v) is 12.5. The van der Waals surface area contributed by atoms with Crippen LogP contribution in [-0.2, 0) is 14.3 Å². The molecular weight excluding hydrogens is 755 g/mol. The minimum absolute atomic E-state index is 0.00516. The first-order valence-corrected chi connectivity index (χ1v) is 27.1. The highest BCUT2D eigenvalue weighted by Crippen LogP contribution is 2.17. The van der Waals surface area contributed by atoms with Gasteiger partial charge in [0, 0.05) is 12.8 Å². The van der Waals surface area contributed by atoms with E-state index < -0.39 is 12.1 Å². The number of carbonyl (C=O) groups is 2. The number of amides is 1. The summed E-state index contributed by atoms with van der Waals surface area (Å²) in [6.07, 6.45) is 60.2. The van der Waals surface area contributed by atoms with Gasteiger partial charge in [-0.05, 0) is 57.8 Å². The van der Waals surface area contributed by atoms with Gasteiger partial charge in [0.15, 0.2) is 0 Å². The molecule has 61 heavy (non-hydrogen) atoms. The summed E-state index contributed by atoms with van der Waals surface area (Å²) < 4.78 is 5.47.